The highest BCUT2D eigenvalue weighted by Gasteiger charge is 2.34. The highest BCUT2D eigenvalue weighted by atomic mass is 32.1. The van der Waals surface area contributed by atoms with Crippen LogP contribution in [0.25, 0.3) is 0 Å². The largest absolute Gasteiger partial charge is 0.491 e. The Morgan fingerprint density at radius 2 is 2.00 bits per heavy atom. The SMILES string of the molecule is CC[C@H](C)CN(CC(=O)N1CCc2sccc2[C@@H]1COc1ccc(C)cc1C)C(=O)NC(C)(C)C. The number of carbonyl (C=O) groups excluding carboxylic acids is 2. The summed E-state index contributed by atoms with van der Waals surface area (Å²) in [4.78, 5) is 31.6. The van der Waals surface area contributed by atoms with E-state index in [1.54, 1.807) is 16.2 Å². The van der Waals surface area contributed by atoms with Crippen LogP contribution >= 0.6 is 11.3 Å². The van der Waals surface area contributed by atoms with Gasteiger partial charge in [0.25, 0.3) is 0 Å². The minimum absolute atomic E-state index is 0.0385. The van der Waals surface area contributed by atoms with Gasteiger partial charge in [-0.15, -0.1) is 11.3 Å². The summed E-state index contributed by atoms with van der Waals surface area (Å²) in [6, 6.07) is 7.90. The molecule has 0 spiro atoms. The molecule has 1 aromatic heterocycles. The van der Waals surface area contributed by atoms with Crippen LogP contribution in [0, 0.1) is 19.8 Å². The fraction of sp³-hybridized carbons (Fsp3) is 0.571. The minimum atomic E-state index is -0.368. The van der Waals surface area contributed by atoms with Gasteiger partial charge < -0.3 is 19.9 Å². The van der Waals surface area contributed by atoms with Crippen LogP contribution in [-0.2, 0) is 11.2 Å². The Hall–Kier alpha value is -2.54. The number of hydrogen-bond donors (Lipinski definition) is 1. The molecule has 2 aromatic rings. The smallest absolute Gasteiger partial charge is 0.318 e. The second kappa shape index (κ2) is 11.5. The topological polar surface area (TPSA) is 61.9 Å². The number of rotatable bonds is 8. The normalized spacial score (nSPS) is 16.4. The van der Waals surface area contributed by atoms with Crippen LogP contribution in [0.1, 0.15) is 68.6 Å². The molecule has 0 radical (unpaired) electrons. The maximum atomic E-state index is 13.7. The molecular formula is C28H41N3O3S. The third kappa shape index (κ3) is 7.23. The summed E-state index contributed by atoms with van der Waals surface area (Å²) < 4.78 is 6.26. The van der Waals surface area contributed by atoms with E-state index < -0.39 is 0 Å². The lowest BCUT2D eigenvalue weighted by Crippen LogP contribution is -2.53. The molecule has 2 atom stereocenters. The molecule has 0 unspecified atom stereocenters. The predicted octanol–water partition coefficient (Wildman–Crippen LogP) is 5.73. The molecular weight excluding hydrogens is 458 g/mol. The number of nitrogens with zero attached hydrogens (tertiary/aromatic N) is 2. The molecule has 1 N–H and O–H groups in total. The molecule has 0 aliphatic carbocycles. The van der Waals surface area contributed by atoms with Crippen molar-refractivity contribution in [3.8, 4) is 5.75 Å². The van der Waals surface area contributed by atoms with Gasteiger partial charge in [-0.2, -0.15) is 0 Å². The molecule has 3 rings (SSSR count). The Labute approximate surface area is 214 Å². The van der Waals surface area contributed by atoms with E-state index in [9.17, 15) is 9.59 Å². The molecule has 0 fully saturated rings. The van der Waals surface area contributed by atoms with Crippen LogP contribution in [0.3, 0.4) is 0 Å². The zero-order valence-corrected chi connectivity index (χ0v) is 23.1. The third-order valence-corrected chi connectivity index (χ3v) is 7.46. The van der Waals surface area contributed by atoms with E-state index in [2.05, 4.69) is 43.6 Å². The van der Waals surface area contributed by atoms with Crippen molar-refractivity contribution >= 4 is 23.3 Å². The maximum Gasteiger partial charge on any atom is 0.318 e. The van der Waals surface area contributed by atoms with Crippen LogP contribution < -0.4 is 10.1 Å². The number of carbonyl (C=O) groups is 2. The number of fused-ring (bicyclic) bond motifs is 1. The van der Waals surface area contributed by atoms with Crippen LogP contribution in [0.5, 0.6) is 5.75 Å². The van der Waals surface area contributed by atoms with E-state index in [1.807, 2.05) is 44.7 Å². The van der Waals surface area contributed by atoms with Crippen LogP contribution in [-0.4, -0.2) is 53.5 Å². The molecule has 3 amide bonds. The Morgan fingerprint density at radius 3 is 2.66 bits per heavy atom. The summed E-state index contributed by atoms with van der Waals surface area (Å²) in [6.07, 6.45) is 1.78. The summed E-state index contributed by atoms with van der Waals surface area (Å²) in [7, 11) is 0. The fourth-order valence-corrected chi connectivity index (χ4v) is 5.31. The molecule has 0 saturated carbocycles. The van der Waals surface area contributed by atoms with Crippen molar-refractivity contribution in [1.82, 2.24) is 15.1 Å². The summed E-state index contributed by atoms with van der Waals surface area (Å²) in [6.45, 7) is 15.8. The van der Waals surface area contributed by atoms with Gasteiger partial charge in [-0.1, -0.05) is 38.0 Å². The van der Waals surface area contributed by atoms with Gasteiger partial charge in [0, 0.05) is 23.5 Å². The second-order valence-electron chi connectivity index (χ2n) is 10.8. The van der Waals surface area contributed by atoms with Crippen molar-refractivity contribution in [2.45, 2.75) is 72.9 Å². The number of nitrogens with one attached hydrogen (secondary N) is 1. The summed E-state index contributed by atoms with van der Waals surface area (Å²) in [5.41, 5.74) is 3.07. The average Bonchev–Trinajstić information content (AvgIpc) is 3.25. The Kier molecular flexibility index (Phi) is 8.86. The zero-order chi connectivity index (χ0) is 25.8. The van der Waals surface area contributed by atoms with Crippen LogP contribution in [0.15, 0.2) is 29.6 Å². The van der Waals surface area contributed by atoms with Crippen molar-refractivity contribution in [3.63, 3.8) is 0 Å². The van der Waals surface area contributed by atoms with Gasteiger partial charge in [0.15, 0.2) is 0 Å². The number of ether oxygens (including phenoxy) is 1. The molecule has 0 saturated heterocycles. The lowest BCUT2D eigenvalue weighted by atomic mass is 10.00. The van der Waals surface area contributed by atoms with Crippen LogP contribution in [0.4, 0.5) is 4.79 Å². The standard InChI is InChI=1S/C28H41N3O3S/c1-8-19(2)16-30(27(33)29-28(5,6)7)17-26(32)31-13-11-25-22(12-14-35-25)23(31)18-34-24-10-9-20(3)15-21(24)4/h9-10,12,14-15,19,23H,8,11,13,16-18H2,1-7H3,(H,29,33)/t19-,23-/m0/s1. The first-order valence-electron chi connectivity index (χ1n) is 12.6. The summed E-state index contributed by atoms with van der Waals surface area (Å²) in [5, 5.41) is 5.12. The lowest BCUT2D eigenvalue weighted by molar-refractivity contribution is -0.135. The van der Waals surface area contributed by atoms with E-state index in [1.165, 1.54) is 10.4 Å². The van der Waals surface area contributed by atoms with Crippen LogP contribution in [0.2, 0.25) is 0 Å². The van der Waals surface area contributed by atoms with Crippen molar-refractivity contribution in [3.05, 3.63) is 51.2 Å². The lowest BCUT2D eigenvalue weighted by Gasteiger charge is -2.38. The number of aryl methyl sites for hydroxylation is 2. The van der Waals surface area contributed by atoms with E-state index in [-0.39, 0.29) is 30.1 Å². The molecule has 6 nitrogen and oxygen atoms in total. The van der Waals surface area contributed by atoms with Gasteiger partial charge in [0.05, 0.1) is 6.04 Å². The number of thiophene rings is 1. The number of benzene rings is 1. The maximum absolute atomic E-state index is 13.7. The van der Waals surface area contributed by atoms with Crippen molar-refractivity contribution in [2.75, 3.05) is 26.2 Å². The molecule has 0 bridgehead atoms. The third-order valence-electron chi connectivity index (χ3n) is 6.47. The van der Waals surface area contributed by atoms with Crippen molar-refractivity contribution in [1.29, 1.82) is 0 Å². The first-order valence-corrected chi connectivity index (χ1v) is 13.5. The second-order valence-corrected chi connectivity index (χ2v) is 11.8. The fourth-order valence-electron chi connectivity index (χ4n) is 4.38. The summed E-state index contributed by atoms with van der Waals surface area (Å²) in [5.74, 6) is 1.11. The van der Waals surface area contributed by atoms with E-state index in [0.29, 0.717) is 25.6 Å². The first kappa shape index (κ1) is 27.1. The Morgan fingerprint density at radius 1 is 1.26 bits per heavy atom. The Balaban J connectivity index is 1.79. The predicted molar refractivity (Wildman–Crippen MR) is 143 cm³/mol. The quantitative estimate of drug-likeness (QED) is 0.505. The number of amides is 3. The van der Waals surface area contributed by atoms with Crippen molar-refractivity contribution < 1.29 is 14.3 Å². The molecule has 1 aliphatic rings. The van der Waals surface area contributed by atoms with Gasteiger partial charge in [-0.25, -0.2) is 4.79 Å². The minimum Gasteiger partial charge on any atom is -0.491 e. The monoisotopic (exact) mass is 499 g/mol. The zero-order valence-electron chi connectivity index (χ0n) is 22.3. The molecule has 35 heavy (non-hydrogen) atoms. The van der Waals surface area contributed by atoms with Gasteiger partial charge in [-0.05, 0) is 75.6 Å². The van der Waals surface area contributed by atoms with Crippen molar-refractivity contribution in [2.24, 2.45) is 5.92 Å². The highest BCUT2D eigenvalue weighted by molar-refractivity contribution is 7.10. The van der Waals surface area contributed by atoms with E-state index in [4.69, 9.17) is 4.74 Å². The number of urea groups is 1. The molecule has 2 heterocycles. The van der Waals surface area contributed by atoms with Gasteiger partial charge >= 0.3 is 6.03 Å². The highest BCUT2D eigenvalue weighted by Crippen LogP contribution is 2.34. The molecule has 7 heteroatoms. The first-order chi connectivity index (χ1) is 16.5. The Bertz CT molecular complexity index is 1030. The molecule has 192 valence electrons. The van der Waals surface area contributed by atoms with Gasteiger partial charge in [0.2, 0.25) is 5.91 Å². The van der Waals surface area contributed by atoms with E-state index >= 15 is 0 Å². The number of hydrogen-bond acceptors (Lipinski definition) is 4. The summed E-state index contributed by atoms with van der Waals surface area (Å²) >= 11 is 1.74. The average molecular weight is 500 g/mol. The molecule has 1 aromatic carbocycles. The van der Waals surface area contributed by atoms with Gasteiger partial charge in [0.1, 0.15) is 18.9 Å². The molecule has 1 aliphatic heterocycles. The van der Waals surface area contributed by atoms with Gasteiger partial charge in [-0.3, -0.25) is 4.79 Å². The van der Waals surface area contributed by atoms with E-state index in [0.717, 1.165) is 29.7 Å².